The van der Waals surface area contributed by atoms with E-state index in [9.17, 15) is 0 Å². The molecule has 0 fully saturated rings. The van der Waals surface area contributed by atoms with Crippen LogP contribution in [-0.4, -0.2) is 0 Å². The van der Waals surface area contributed by atoms with E-state index in [0.29, 0.717) is 0 Å². The fraction of sp³-hybridized carbons (Fsp3) is 0.636. The lowest BCUT2D eigenvalue weighted by Gasteiger charge is -2.11. The van der Waals surface area contributed by atoms with Crippen LogP contribution in [0.15, 0.2) is 21.8 Å². The summed E-state index contributed by atoms with van der Waals surface area (Å²) >= 11 is 2.32. The molecule has 0 amide bonds. The van der Waals surface area contributed by atoms with Crippen LogP contribution in [0.5, 0.6) is 0 Å². The highest BCUT2D eigenvalue weighted by Gasteiger charge is 2.02. The van der Waals surface area contributed by atoms with Crippen molar-refractivity contribution < 1.29 is 0 Å². The topological polar surface area (TPSA) is 0 Å². The van der Waals surface area contributed by atoms with Crippen LogP contribution in [0.1, 0.15) is 44.9 Å². The van der Waals surface area contributed by atoms with E-state index in [1.165, 1.54) is 48.5 Å². The Balaban J connectivity index is 2.13. The van der Waals surface area contributed by atoms with E-state index in [4.69, 9.17) is 0 Å². The van der Waals surface area contributed by atoms with Crippen molar-refractivity contribution in [2.24, 2.45) is 0 Å². The fourth-order valence-corrected chi connectivity index (χ4v) is 2.02. The first-order valence-corrected chi connectivity index (χ1v) is 5.88. The number of allylic oxidation sites excluding steroid dienone is 3. The predicted molar refractivity (Wildman–Crippen MR) is 63.6 cm³/mol. The number of halogens is 1. The average molecular weight is 276 g/mol. The third-order valence-electron chi connectivity index (χ3n) is 2.33. The molecule has 0 aromatic carbocycles. The monoisotopic (exact) mass is 276 g/mol. The van der Waals surface area contributed by atoms with Crippen molar-refractivity contribution in [2.45, 2.75) is 44.9 Å². The standard InChI is InChI=1S/C11H17I/c1-10(12)6-5-9-11-7-3-2-4-8-11/h7H,1-6,8-9H2. The minimum atomic E-state index is 1.19. The summed E-state index contributed by atoms with van der Waals surface area (Å²) in [5.74, 6) is 0. The maximum atomic E-state index is 3.90. The molecule has 1 rings (SSSR count). The molecule has 0 aromatic rings. The molecule has 0 aromatic heterocycles. The molecule has 0 bridgehead atoms. The van der Waals surface area contributed by atoms with Gasteiger partial charge in [-0.3, -0.25) is 0 Å². The van der Waals surface area contributed by atoms with Gasteiger partial charge in [0.2, 0.25) is 0 Å². The van der Waals surface area contributed by atoms with Crippen LogP contribution in [0, 0.1) is 0 Å². The molecule has 0 spiro atoms. The van der Waals surface area contributed by atoms with Gasteiger partial charge in [0.25, 0.3) is 0 Å². The zero-order chi connectivity index (χ0) is 8.81. The van der Waals surface area contributed by atoms with Crippen molar-refractivity contribution in [3.05, 3.63) is 21.8 Å². The molecule has 0 saturated heterocycles. The maximum absolute atomic E-state index is 3.90. The molecule has 1 aliphatic carbocycles. The normalized spacial score (nSPS) is 17.2. The summed E-state index contributed by atoms with van der Waals surface area (Å²) in [5.41, 5.74) is 1.69. The smallest absolute Gasteiger partial charge is 0.0166 e. The zero-order valence-electron chi connectivity index (χ0n) is 7.61. The molecule has 68 valence electrons. The first-order chi connectivity index (χ1) is 5.79. The van der Waals surface area contributed by atoms with Crippen LogP contribution < -0.4 is 0 Å². The first kappa shape index (κ1) is 10.3. The summed E-state index contributed by atoms with van der Waals surface area (Å²) in [5, 5.41) is 0. The number of hydrogen-bond acceptors (Lipinski definition) is 0. The number of rotatable bonds is 4. The van der Waals surface area contributed by atoms with Gasteiger partial charge in [0.1, 0.15) is 0 Å². The van der Waals surface area contributed by atoms with Crippen LogP contribution >= 0.6 is 22.6 Å². The van der Waals surface area contributed by atoms with E-state index in [1.54, 1.807) is 5.57 Å². The van der Waals surface area contributed by atoms with Gasteiger partial charge in [0.15, 0.2) is 0 Å². The Hall–Kier alpha value is 0.210. The lowest BCUT2D eigenvalue weighted by atomic mass is 9.95. The second-order valence-electron chi connectivity index (χ2n) is 3.48. The first-order valence-electron chi connectivity index (χ1n) is 4.80. The van der Waals surface area contributed by atoms with Crippen molar-refractivity contribution in [3.8, 4) is 0 Å². The van der Waals surface area contributed by atoms with E-state index in [0.717, 1.165) is 0 Å². The van der Waals surface area contributed by atoms with Gasteiger partial charge in [-0.05, 0) is 71.1 Å². The quantitative estimate of drug-likeness (QED) is 0.519. The fourth-order valence-electron chi connectivity index (χ4n) is 1.64. The number of hydrogen-bond donors (Lipinski definition) is 0. The molecule has 12 heavy (non-hydrogen) atoms. The summed E-state index contributed by atoms with van der Waals surface area (Å²) in [6, 6.07) is 0. The third kappa shape index (κ3) is 4.29. The van der Waals surface area contributed by atoms with Crippen molar-refractivity contribution in [3.63, 3.8) is 0 Å². The molecule has 0 N–H and O–H groups in total. The highest BCUT2D eigenvalue weighted by atomic mass is 127. The lowest BCUT2D eigenvalue weighted by molar-refractivity contribution is 0.661. The second kappa shape index (κ2) is 5.79. The van der Waals surface area contributed by atoms with Gasteiger partial charge >= 0.3 is 0 Å². The SMILES string of the molecule is C=C(I)CCCC1=CCCCC1. The van der Waals surface area contributed by atoms with Crippen molar-refractivity contribution in [1.29, 1.82) is 0 Å². The molecule has 0 radical (unpaired) electrons. The molecular formula is C11H17I. The summed E-state index contributed by atoms with van der Waals surface area (Å²) < 4.78 is 1.30. The molecule has 0 saturated carbocycles. The lowest BCUT2D eigenvalue weighted by Crippen LogP contribution is -1.91. The van der Waals surface area contributed by atoms with Gasteiger partial charge in [-0.15, -0.1) is 0 Å². The summed E-state index contributed by atoms with van der Waals surface area (Å²) in [4.78, 5) is 0. The van der Waals surface area contributed by atoms with Crippen LogP contribution in [0.4, 0.5) is 0 Å². The van der Waals surface area contributed by atoms with Crippen LogP contribution in [-0.2, 0) is 0 Å². The van der Waals surface area contributed by atoms with Crippen LogP contribution in [0.2, 0.25) is 0 Å². The van der Waals surface area contributed by atoms with Crippen LogP contribution in [0.3, 0.4) is 0 Å². The van der Waals surface area contributed by atoms with E-state index in [2.05, 4.69) is 35.2 Å². The average Bonchev–Trinajstić information content (AvgIpc) is 2.05. The molecule has 1 heteroatoms. The summed E-state index contributed by atoms with van der Waals surface area (Å²) in [6.45, 7) is 3.90. The largest absolute Gasteiger partial charge is 0.0897 e. The van der Waals surface area contributed by atoms with Crippen molar-refractivity contribution in [1.82, 2.24) is 0 Å². The molecule has 0 atom stereocenters. The molecule has 1 aliphatic rings. The van der Waals surface area contributed by atoms with Gasteiger partial charge in [-0.1, -0.05) is 18.2 Å². The summed E-state index contributed by atoms with van der Waals surface area (Å²) in [7, 11) is 0. The molecular weight excluding hydrogens is 259 g/mol. The minimum absolute atomic E-state index is 1.19. The van der Waals surface area contributed by atoms with Crippen LogP contribution in [0.25, 0.3) is 0 Å². The van der Waals surface area contributed by atoms with E-state index < -0.39 is 0 Å². The van der Waals surface area contributed by atoms with Gasteiger partial charge in [0, 0.05) is 0 Å². The maximum Gasteiger partial charge on any atom is -0.0166 e. The Bertz CT molecular complexity index is 179. The van der Waals surface area contributed by atoms with Crippen molar-refractivity contribution >= 4 is 22.6 Å². The Morgan fingerprint density at radius 3 is 2.92 bits per heavy atom. The predicted octanol–water partition coefficient (Wildman–Crippen LogP) is 4.61. The highest BCUT2D eigenvalue weighted by molar-refractivity contribution is 14.1. The van der Waals surface area contributed by atoms with Gasteiger partial charge in [-0.2, -0.15) is 0 Å². The van der Waals surface area contributed by atoms with Gasteiger partial charge in [0.05, 0.1) is 0 Å². The van der Waals surface area contributed by atoms with Gasteiger partial charge < -0.3 is 0 Å². The second-order valence-corrected chi connectivity index (χ2v) is 5.00. The Morgan fingerprint density at radius 1 is 1.50 bits per heavy atom. The Morgan fingerprint density at radius 2 is 2.33 bits per heavy atom. The van der Waals surface area contributed by atoms with E-state index >= 15 is 0 Å². The molecule has 0 nitrogen and oxygen atoms in total. The summed E-state index contributed by atoms with van der Waals surface area (Å²) in [6.07, 6.45) is 11.7. The molecule has 0 unspecified atom stereocenters. The van der Waals surface area contributed by atoms with Gasteiger partial charge in [-0.25, -0.2) is 0 Å². The van der Waals surface area contributed by atoms with E-state index in [-0.39, 0.29) is 0 Å². The Labute approximate surface area is 89.3 Å². The zero-order valence-corrected chi connectivity index (χ0v) is 9.77. The molecule has 0 heterocycles. The Kier molecular flexibility index (Phi) is 4.96. The van der Waals surface area contributed by atoms with Crippen molar-refractivity contribution in [2.75, 3.05) is 0 Å². The highest BCUT2D eigenvalue weighted by Crippen LogP contribution is 2.23. The molecule has 0 aliphatic heterocycles. The third-order valence-corrected chi connectivity index (χ3v) is 2.87. The van der Waals surface area contributed by atoms with E-state index in [1.807, 2.05) is 0 Å². The minimum Gasteiger partial charge on any atom is -0.0897 e.